The number of hydrogen-bond donors (Lipinski definition) is 0. The van der Waals surface area contributed by atoms with Crippen molar-refractivity contribution >= 4 is 93.1 Å². The standard InChI is InChI=1S/C53H36N2/c1-54(51-32-31-49-47-16-7-14-39-13-6-15-46(52(39)47)48-17-8-18-50(51)53(48)49)42-25-19-37(20-26-42)38-21-27-43(28-22-38)55(44-29-23-35-9-2-4-11-40(35)33-44)45-30-24-36-10-3-5-12-41(36)34-45/h2-34H,1H3. The van der Waals surface area contributed by atoms with Gasteiger partial charge < -0.3 is 9.80 Å². The second-order valence-electron chi connectivity index (χ2n) is 14.6. The first-order chi connectivity index (χ1) is 27.2. The molecule has 0 unspecified atom stereocenters. The van der Waals surface area contributed by atoms with Crippen LogP contribution in [0.2, 0.25) is 0 Å². The van der Waals surface area contributed by atoms with Gasteiger partial charge in [-0.15, -0.1) is 0 Å². The number of benzene rings is 11. The van der Waals surface area contributed by atoms with E-state index in [9.17, 15) is 0 Å². The van der Waals surface area contributed by atoms with Gasteiger partial charge >= 0.3 is 0 Å². The predicted octanol–water partition coefficient (Wildman–Crippen LogP) is 14.9. The lowest BCUT2D eigenvalue weighted by Gasteiger charge is -2.26. The molecular formula is C53H36N2. The lowest BCUT2D eigenvalue weighted by Crippen LogP contribution is -2.10. The fourth-order valence-corrected chi connectivity index (χ4v) is 8.82. The van der Waals surface area contributed by atoms with E-state index in [1.807, 2.05) is 0 Å². The zero-order valence-electron chi connectivity index (χ0n) is 30.4. The molecule has 0 spiro atoms. The van der Waals surface area contributed by atoms with Crippen LogP contribution >= 0.6 is 0 Å². The number of rotatable bonds is 6. The van der Waals surface area contributed by atoms with Crippen molar-refractivity contribution in [2.24, 2.45) is 0 Å². The van der Waals surface area contributed by atoms with Gasteiger partial charge in [0.2, 0.25) is 0 Å². The molecule has 2 nitrogen and oxygen atoms in total. The normalized spacial score (nSPS) is 11.7. The minimum atomic E-state index is 1.12. The summed E-state index contributed by atoms with van der Waals surface area (Å²) in [6.45, 7) is 0. The Labute approximate surface area is 320 Å². The Balaban J connectivity index is 0.938. The van der Waals surface area contributed by atoms with E-state index < -0.39 is 0 Å². The third-order valence-electron chi connectivity index (χ3n) is 11.6. The van der Waals surface area contributed by atoms with Crippen molar-refractivity contribution in [1.82, 2.24) is 0 Å². The number of fused-ring (bicyclic) bond motifs is 4. The van der Waals surface area contributed by atoms with Gasteiger partial charge in [-0.1, -0.05) is 146 Å². The Kier molecular flexibility index (Phi) is 7.11. The fraction of sp³-hybridized carbons (Fsp3) is 0.0189. The molecule has 0 fully saturated rings. The van der Waals surface area contributed by atoms with E-state index in [-0.39, 0.29) is 0 Å². The van der Waals surface area contributed by atoms with Crippen molar-refractivity contribution in [3.05, 3.63) is 200 Å². The highest BCUT2D eigenvalue weighted by molar-refractivity contribution is 6.34. The highest BCUT2D eigenvalue weighted by Crippen LogP contribution is 2.44. The maximum absolute atomic E-state index is 2.36. The van der Waals surface area contributed by atoms with Crippen LogP contribution < -0.4 is 9.80 Å². The van der Waals surface area contributed by atoms with Crippen molar-refractivity contribution in [3.63, 3.8) is 0 Å². The molecule has 11 aromatic rings. The molecule has 258 valence electrons. The molecule has 0 aliphatic heterocycles. The number of hydrogen-bond acceptors (Lipinski definition) is 2. The van der Waals surface area contributed by atoms with Gasteiger partial charge in [0.05, 0.1) is 0 Å². The summed E-state index contributed by atoms with van der Waals surface area (Å²) in [4.78, 5) is 4.68. The molecule has 0 saturated heterocycles. The minimum Gasteiger partial charge on any atom is -0.344 e. The maximum atomic E-state index is 2.36. The first-order valence-electron chi connectivity index (χ1n) is 19.0. The lowest BCUT2D eigenvalue weighted by molar-refractivity contribution is 1.22. The molecular weight excluding hydrogens is 665 g/mol. The molecule has 0 amide bonds. The van der Waals surface area contributed by atoms with Crippen molar-refractivity contribution in [2.75, 3.05) is 16.8 Å². The maximum Gasteiger partial charge on any atom is 0.0488 e. The predicted molar refractivity (Wildman–Crippen MR) is 237 cm³/mol. The summed E-state index contributed by atoms with van der Waals surface area (Å²) < 4.78 is 0. The van der Waals surface area contributed by atoms with Gasteiger partial charge in [0, 0.05) is 40.9 Å². The van der Waals surface area contributed by atoms with Crippen LogP contribution in [0.1, 0.15) is 0 Å². The Hall–Kier alpha value is -7.16. The second kappa shape index (κ2) is 12.5. The Bertz CT molecular complexity index is 3090. The molecule has 0 aliphatic rings. The summed E-state index contributed by atoms with van der Waals surface area (Å²) in [5.41, 5.74) is 8.11. The Morgan fingerprint density at radius 3 is 1.31 bits per heavy atom. The smallest absolute Gasteiger partial charge is 0.0488 e. The van der Waals surface area contributed by atoms with E-state index >= 15 is 0 Å². The van der Waals surface area contributed by atoms with Crippen LogP contribution in [0.25, 0.3) is 75.8 Å². The van der Waals surface area contributed by atoms with Crippen LogP contribution in [0.4, 0.5) is 28.4 Å². The highest BCUT2D eigenvalue weighted by Gasteiger charge is 2.18. The molecule has 2 heteroatoms. The Morgan fingerprint density at radius 1 is 0.291 bits per heavy atom. The van der Waals surface area contributed by atoms with E-state index in [0.717, 1.165) is 22.7 Å². The van der Waals surface area contributed by atoms with E-state index in [4.69, 9.17) is 0 Å². The van der Waals surface area contributed by atoms with E-state index in [1.54, 1.807) is 0 Å². The summed E-state index contributed by atoms with van der Waals surface area (Å²) in [5, 5.41) is 15.4. The molecule has 0 N–H and O–H groups in total. The molecule has 0 radical (unpaired) electrons. The zero-order valence-corrected chi connectivity index (χ0v) is 30.4. The third-order valence-corrected chi connectivity index (χ3v) is 11.6. The van der Waals surface area contributed by atoms with Crippen LogP contribution in [0, 0.1) is 0 Å². The van der Waals surface area contributed by atoms with Gasteiger partial charge in [-0.25, -0.2) is 0 Å². The van der Waals surface area contributed by atoms with Gasteiger partial charge in [-0.3, -0.25) is 0 Å². The van der Waals surface area contributed by atoms with Crippen LogP contribution in [-0.4, -0.2) is 7.05 Å². The van der Waals surface area contributed by atoms with E-state index in [1.165, 1.54) is 81.4 Å². The summed E-state index contributed by atoms with van der Waals surface area (Å²) >= 11 is 0. The first kappa shape index (κ1) is 31.4. The van der Waals surface area contributed by atoms with Crippen LogP contribution in [0.5, 0.6) is 0 Å². The average molecular weight is 701 g/mol. The van der Waals surface area contributed by atoms with Crippen LogP contribution in [0.15, 0.2) is 200 Å². The summed E-state index contributed by atoms with van der Waals surface area (Å²) in [5.74, 6) is 0. The number of nitrogens with zero attached hydrogens (tertiary/aromatic N) is 2. The lowest BCUT2D eigenvalue weighted by atomic mass is 9.89. The van der Waals surface area contributed by atoms with Crippen molar-refractivity contribution < 1.29 is 0 Å². The van der Waals surface area contributed by atoms with Gasteiger partial charge in [0.1, 0.15) is 0 Å². The second-order valence-corrected chi connectivity index (χ2v) is 14.6. The first-order valence-corrected chi connectivity index (χ1v) is 19.0. The third kappa shape index (κ3) is 5.10. The highest BCUT2D eigenvalue weighted by atomic mass is 15.1. The summed E-state index contributed by atoms with van der Waals surface area (Å²) in [6.07, 6.45) is 0. The molecule has 0 aliphatic carbocycles. The van der Waals surface area contributed by atoms with E-state index in [2.05, 4.69) is 217 Å². The molecule has 0 saturated carbocycles. The van der Waals surface area contributed by atoms with Crippen LogP contribution in [0.3, 0.4) is 0 Å². The van der Waals surface area contributed by atoms with Crippen molar-refractivity contribution in [3.8, 4) is 11.1 Å². The summed E-state index contributed by atoms with van der Waals surface area (Å²) in [7, 11) is 2.18. The Morgan fingerprint density at radius 2 is 0.727 bits per heavy atom. The largest absolute Gasteiger partial charge is 0.344 e. The van der Waals surface area contributed by atoms with Crippen LogP contribution in [-0.2, 0) is 0 Å². The molecule has 11 aromatic carbocycles. The SMILES string of the molecule is CN(c1ccc(-c2ccc(N(c3ccc4ccccc4c3)c3ccc4ccccc4c3)cc2)cc1)c1ccc2c3cccc4cccc(c5cccc1c52)c43. The van der Waals surface area contributed by atoms with Crippen molar-refractivity contribution in [1.29, 1.82) is 0 Å². The molecule has 0 aromatic heterocycles. The zero-order chi connectivity index (χ0) is 36.5. The monoisotopic (exact) mass is 700 g/mol. The molecule has 0 atom stereocenters. The average Bonchev–Trinajstić information content (AvgIpc) is 3.25. The molecule has 11 rings (SSSR count). The molecule has 55 heavy (non-hydrogen) atoms. The minimum absolute atomic E-state index is 1.12. The van der Waals surface area contributed by atoms with Gasteiger partial charge in [-0.2, -0.15) is 0 Å². The van der Waals surface area contributed by atoms with Gasteiger partial charge in [-0.05, 0) is 125 Å². The van der Waals surface area contributed by atoms with Crippen molar-refractivity contribution in [2.45, 2.75) is 0 Å². The topological polar surface area (TPSA) is 6.48 Å². The molecule has 0 heterocycles. The van der Waals surface area contributed by atoms with Gasteiger partial charge in [0.25, 0.3) is 0 Å². The number of anilines is 5. The fourth-order valence-electron chi connectivity index (χ4n) is 8.82. The van der Waals surface area contributed by atoms with E-state index in [0.29, 0.717) is 0 Å². The molecule has 0 bridgehead atoms. The van der Waals surface area contributed by atoms with Gasteiger partial charge in [0.15, 0.2) is 0 Å². The summed E-state index contributed by atoms with van der Waals surface area (Å²) in [6, 6.07) is 73.3. The quantitative estimate of drug-likeness (QED) is 0.126.